The molecule has 0 aromatic carbocycles. The second kappa shape index (κ2) is 3.67. The number of ether oxygens (including phenoxy) is 1. The first-order valence-electron chi connectivity index (χ1n) is 5.67. The maximum atomic E-state index is 11.5. The summed E-state index contributed by atoms with van der Waals surface area (Å²) >= 11 is 0. The van der Waals surface area contributed by atoms with E-state index in [1.807, 2.05) is 20.8 Å². The van der Waals surface area contributed by atoms with Gasteiger partial charge in [0.2, 0.25) is 0 Å². The first-order chi connectivity index (χ1) is 6.94. The lowest BCUT2D eigenvalue weighted by atomic mass is 10.0. The standard InChI is InChI=1S/C11H20N2O2/c1-11(2,3)15-10(14)13-9-5-8-4-7(9)6-12-8/h7-9,12H,4-6H2,1-3H3,(H,13,14)/t7-,8-,9-/m1/s1. The van der Waals surface area contributed by atoms with E-state index in [1.54, 1.807) is 0 Å². The molecule has 1 aliphatic carbocycles. The number of nitrogens with one attached hydrogen (secondary N) is 2. The van der Waals surface area contributed by atoms with Crippen LogP contribution in [-0.4, -0.2) is 30.3 Å². The first-order valence-corrected chi connectivity index (χ1v) is 5.67. The van der Waals surface area contributed by atoms with Gasteiger partial charge < -0.3 is 15.4 Å². The molecule has 2 N–H and O–H groups in total. The van der Waals surface area contributed by atoms with Crippen LogP contribution in [0.4, 0.5) is 4.79 Å². The smallest absolute Gasteiger partial charge is 0.407 e. The lowest BCUT2D eigenvalue weighted by molar-refractivity contribution is 0.0490. The lowest BCUT2D eigenvalue weighted by Gasteiger charge is -2.26. The Morgan fingerprint density at radius 2 is 2.13 bits per heavy atom. The molecule has 0 spiro atoms. The maximum absolute atomic E-state index is 11.5. The molecule has 0 aromatic rings. The zero-order valence-electron chi connectivity index (χ0n) is 9.67. The van der Waals surface area contributed by atoms with E-state index in [2.05, 4.69) is 10.6 Å². The van der Waals surface area contributed by atoms with Gasteiger partial charge in [-0.25, -0.2) is 4.79 Å². The highest BCUT2D eigenvalue weighted by molar-refractivity contribution is 5.68. The largest absolute Gasteiger partial charge is 0.444 e. The third-order valence-electron chi connectivity index (χ3n) is 3.07. The monoisotopic (exact) mass is 212 g/mol. The number of carbonyl (C=O) groups excluding carboxylic acids is 1. The molecular formula is C11H20N2O2. The Morgan fingerprint density at radius 1 is 1.40 bits per heavy atom. The zero-order valence-corrected chi connectivity index (χ0v) is 9.67. The van der Waals surface area contributed by atoms with E-state index >= 15 is 0 Å². The minimum atomic E-state index is -0.403. The molecule has 1 amide bonds. The quantitative estimate of drug-likeness (QED) is 0.688. The molecule has 2 bridgehead atoms. The van der Waals surface area contributed by atoms with Crippen LogP contribution in [0.2, 0.25) is 0 Å². The van der Waals surface area contributed by atoms with E-state index in [0.717, 1.165) is 13.0 Å². The minimum absolute atomic E-state index is 0.278. The van der Waals surface area contributed by atoms with E-state index < -0.39 is 5.60 Å². The highest BCUT2D eigenvalue weighted by Crippen LogP contribution is 2.31. The molecule has 1 heterocycles. The van der Waals surface area contributed by atoms with Crippen LogP contribution in [0.15, 0.2) is 0 Å². The molecule has 3 atom stereocenters. The van der Waals surface area contributed by atoms with Crippen molar-refractivity contribution in [3.05, 3.63) is 0 Å². The summed E-state index contributed by atoms with van der Waals surface area (Å²) in [6.45, 7) is 6.68. The normalized spacial score (nSPS) is 34.2. The molecule has 86 valence electrons. The van der Waals surface area contributed by atoms with Gasteiger partial charge >= 0.3 is 6.09 Å². The summed E-state index contributed by atoms with van der Waals surface area (Å²) in [6, 6.07) is 0.918. The van der Waals surface area contributed by atoms with Gasteiger partial charge in [0.25, 0.3) is 0 Å². The van der Waals surface area contributed by atoms with Gasteiger partial charge in [0.05, 0.1) is 0 Å². The van der Waals surface area contributed by atoms with Gasteiger partial charge in [-0.2, -0.15) is 0 Å². The zero-order chi connectivity index (χ0) is 11.1. The van der Waals surface area contributed by atoms with Crippen molar-refractivity contribution < 1.29 is 9.53 Å². The molecular weight excluding hydrogens is 192 g/mol. The fourth-order valence-corrected chi connectivity index (χ4v) is 2.47. The van der Waals surface area contributed by atoms with Crippen LogP contribution < -0.4 is 10.6 Å². The van der Waals surface area contributed by atoms with Crippen LogP contribution in [0, 0.1) is 5.92 Å². The van der Waals surface area contributed by atoms with Gasteiger partial charge in [-0.1, -0.05) is 0 Å². The molecule has 1 saturated carbocycles. The number of piperidine rings is 1. The molecule has 4 nitrogen and oxygen atoms in total. The van der Waals surface area contributed by atoms with Crippen molar-refractivity contribution in [2.75, 3.05) is 6.54 Å². The Bertz CT molecular complexity index is 260. The molecule has 1 saturated heterocycles. The average molecular weight is 212 g/mol. The summed E-state index contributed by atoms with van der Waals surface area (Å²) in [7, 11) is 0. The van der Waals surface area contributed by atoms with Crippen molar-refractivity contribution in [2.45, 2.75) is 51.3 Å². The second-order valence-electron chi connectivity index (χ2n) is 5.59. The van der Waals surface area contributed by atoms with Crippen molar-refractivity contribution >= 4 is 6.09 Å². The fraction of sp³-hybridized carbons (Fsp3) is 0.909. The van der Waals surface area contributed by atoms with Crippen molar-refractivity contribution in [3.8, 4) is 0 Å². The van der Waals surface area contributed by atoms with E-state index in [9.17, 15) is 4.79 Å². The Morgan fingerprint density at radius 3 is 2.60 bits per heavy atom. The number of carbonyl (C=O) groups is 1. The van der Waals surface area contributed by atoms with Crippen molar-refractivity contribution in [1.82, 2.24) is 10.6 Å². The summed E-state index contributed by atoms with van der Waals surface area (Å²) in [6.07, 6.45) is 1.96. The molecule has 1 aliphatic heterocycles. The summed E-state index contributed by atoms with van der Waals surface area (Å²) in [4.78, 5) is 11.5. The third-order valence-corrected chi connectivity index (χ3v) is 3.07. The Kier molecular flexibility index (Phi) is 2.63. The topological polar surface area (TPSA) is 50.4 Å². The van der Waals surface area contributed by atoms with Crippen LogP contribution in [0.5, 0.6) is 0 Å². The summed E-state index contributed by atoms with van der Waals surface area (Å²) in [5, 5.41) is 6.38. The maximum Gasteiger partial charge on any atom is 0.407 e. The Balaban J connectivity index is 1.80. The van der Waals surface area contributed by atoms with Crippen LogP contribution in [-0.2, 0) is 4.74 Å². The van der Waals surface area contributed by atoms with Gasteiger partial charge in [-0.3, -0.25) is 0 Å². The lowest BCUT2D eigenvalue weighted by Crippen LogP contribution is -2.45. The minimum Gasteiger partial charge on any atom is -0.444 e. The molecule has 0 radical (unpaired) electrons. The van der Waals surface area contributed by atoms with Crippen LogP contribution in [0.3, 0.4) is 0 Å². The van der Waals surface area contributed by atoms with Gasteiger partial charge in [0.15, 0.2) is 0 Å². The number of hydrogen-bond acceptors (Lipinski definition) is 3. The fourth-order valence-electron chi connectivity index (χ4n) is 2.47. The molecule has 0 aromatic heterocycles. The highest BCUT2D eigenvalue weighted by Gasteiger charge is 2.40. The molecule has 2 aliphatic rings. The number of alkyl carbamates (subject to hydrolysis) is 1. The average Bonchev–Trinajstić information content (AvgIpc) is 2.60. The van der Waals surface area contributed by atoms with Gasteiger partial charge in [0, 0.05) is 18.6 Å². The predicted octanol–water partition coefficient (Wildman–Crippen LogP) is 1.26. The molecule has 2 fully saturated rings. The van der Waals surface area contributed by atoms with Gasteiger partial charge in [-0.05, 0) is 39.5 Å². The number of rotatable bonds is 1. The summed E-state index contributed by atoms with van der Waals surface area (Å²) in [5.41, 5.74) is -0.403. The Hall–Kier alpha value is -0.770. The van der Waals surface area contributed by atoms with Gasteiger partial charge in [0.1, 0.15) is 5.60 Å². The van der Waals surface area contributed by atoms with E-state index in [0.29, 0.717) is 18.0 Å². The number of fused-ring (bicyclic) bond motifs is 2. The summed E-state index contributed by atoms with van der Waals surface area (Å²) in [5.74, 6) is 0.600. The van der Waals surface area contributed by atoms with Crippen molar-refractivity contribution in [3.63, 3.8) is 0 Å². The second-order valence-corrected chi connectivity index (χ2v) is 5.59. The van der Waals surface area contributed by atoms with E-state index in [1.165, 1.54) is 6.42 Å². The first kappa shape index (κ1) is 10.7. The highest BCUT2D eigenvalue weighted by atomic mass is 16.6. The molecule has 4 heteroatoms. The number of amides is 1. The van der Waals surface area contributed by atoms with E-state index in [-0.39, 0.29) is 6.09 Å². The SMILES string of the molecule is CC(C)(C)OC(=O)N[C@@H]1C[C@H]2C[C@@H]1CN2. The van der Waals surface area contributed by atoms with E-state index in [4.69, 9.17) is 4.74 Å². The molecule has 15 heavy (non-hydrogen) atoms. The van der Waals surface area contributed by atoms with Crippen molar-refractivity contribution in [1.29, 1.82) is 0 Å². The van der Waals surface area contributed by atoms with Crippen LogP contribution in [0.1, 0.15) is 33.6 Å². The van der Waals surface area contributed by atoms with Crippen LogP contribution >= 0.6 is 0 Å². The Labute approximate surface area is 90.8 Å². The van der Waals surface area contributed by atoms with Crippen molar-refractivity contribution in [2.24, 2.45) is 5.92 Å². The number of hydrogen-bond donors (Lipinski definition) is 2. The van der Waals surface area contributed by atoms with Gasteiger partial charge in [-0.15, -0.1) is 0 Å². The summed E-state index contributed by atoms with van der Waals surface area (Å²) < 4.78 is 5.24. The van der Waals surface area contributed by atoms with Crippen LogP contribution in [0.25, 0.3) is 0 Å². The molecule has 2 rings (SSSR count). The predicted molar refractivity (Wildman–Crippen MR) is 57.7 cm³/mol. The third kappa shape index (κ3) is 2.62. The molecule has 0 unspecified atom stereocenters.